The summed E-state index contributed by atoms with van der Waals surface area (Å²) in [7, 11) is 0. The van der Waals surface area contributed by atoms with Crippen LogP contribution >= 0.6 is 0 Å². The Morgan fingerprint density at radius 3 is 1.81 bits per heavy atom. The molecular formula is C23H19NO2. The van der Waals surface area contributed by atoms with E-state index in [1.54, 1.807) is 0 Å². The first kappa shape index (κ1) is 14.5. The number of hydrogen-bond acceptors (Lipinski definition) is 2. The van der Waals surface area contributed by atoms with Crippen LogP contribution in [0.4, 0.5) is 5.69 Å². The Balaban J connectivity index is 1.34. The van der Waals surface area contributed by atoms with Crippen molar-refractivity contribution in [1.82, 2.24) is 0 Å². The highest BCUT2D eigenvalue weighted by atomic mass is 16.2. The van der Waals surface area contributed by atoms with Crippen LogP contribution in [0.2, 0.25) is 0 Å². The third-order valence-electron chi connectivity index (χ3n) is 7.09. The van der Waals surface area contributed by atoms with Crippen LogP contribution in [0.1, 0.15) is 12.8 Å². The number of anilines is 1. The van der Waals surface area contributed by atoms with Gasteiger partial charge in [-0.25, -0.2) is 0 Å². The highest BCUT2D eigenvalue weighted by Crippen LogP contribution is 2.73. The summed E-state index contributed by atoms with van der Waals surface area (Å²) in [6, 6.07) is 17.9. The standard InChI is InChI=1S/C23H19NO2/c25-21-19-17-10-11-18(23(17)12-13-23)20(19)22(26)24(21)16-8-6-15(7-9-16)14-4-2-1-3-5-14/h1-11,17-20H,12-13H2/t17-,18-,19-,20-/m1/s1. The number of nitrogens with zero attached hydrogens (tertiary/aromatic N) is 1. The molecule has 2 bridgehead atoms. The quantitative estimate of drug-likeness (QED) is 0.610. The molecule has 3 aliphatic carbocycles. The van der Waals surface area contributed by atoms with Crippen LogP contribution in [0.15, 0.2) is 66.7 Å². The van der Waals surface area contributed by atoms with Gasteiger partial charge in [-0.1, -0.05) is 54.6 Å². The van der Waals surface area contributed by atoms with Crippen LogP contribution in [0.25, 0.3) is 11.1 Å². The SMILES string of the molecule is O=C1[C@H]2[C@H](C(=O)N1c1ccc(-c3ccccc3)cc1)[C@H]1C=C[C@H]2C12CC2. The lowest BCUT2D eigenvalue weighted by atomic mass is 9.85. The van der Waals surface area contributed by atoms with E-state index in [2.05, 4.69) is 24.3 Å². The number of carbonyl (C=O) groups is 2. The molecule has 4 aliphatic rings. The molecule has 0 radical (unpaired) electrons. The predicted octanol–water partition coefficient (Wildman–Crippen LogP) is 4.06. The lowest BCUT2D eigenvalue weighted by Crippen LogP contribution is -2.34. The number of rotatable bonds is 2. The van der Waals surface area contributed by atoms with Gasteiger partial charge in [0.1, 0.15) is 0 Å². The van der Waals surface area contributed by atoms with Crippen molar-refractivity contribution in [3.05, 3.63) is 66.7 Å². The van der Waals surface area contributed by atoms with Crippen molar-refractivity contribution >= 4 is 17.5 Å². The summed E-state index contributed by atoms with van der Waals surface area (Å²) in [5.41, 5.74) is 3.18. The van der Waals surface area contributed by atoms with Crippen molar-refractivity contribution in [2.24, 2.45) is 29.1 Å². The van der Waals surface area contributed by atoms with Crippen molar-refractivity contribution in [3.8, 4) is 11.1 Å². The Bertz CT molecular complexity index is 921. The first-order valence-corrected chi connectivity index (χ1v) is 9.42. The molecule has 2 aromatic carbocycles. The lowest BCUT2D eigenvalue weighted by Gasteiger charge is -2.22. The van der Waals surface area contributed by atoms with Gasteiger partial charge in [0.05, 0.1) is 17.5 Å². The Morgan fingerprint density at radius 1 is 0.731 bits per heavy atom. The smallest absolute Gasteiger partial charge is 0.238 e. The van der Waals surface area contributed by atoms with E-state index >= 15 is 0 Å². The fourth-order valence-corrected chi connectivity index (χ4v) is 5.77. The molecule has 2 aromatic rings. The summed E-state index contributed by atoms with van der Waals surface area (Å²) in [6.07, 6.45) is 6.78. The maximum absolute atomic E-state index is 13.1. The van der Waals surface area contributed by atoms with E-state index in [0.717, 1.165) is 11.1 Å². The van der Waals surface area contributed by atoms with E-state index in [1.807, 2.05) is 42.5 Å². The molecule has 3 nitrogen and oxygen atoms in total. The van der Waals surface area contributed by atoms with Crippen LogP contribution in [0.3, 0.4) is 0 Å². The second-order valence-electron chi connectivity index (χ2n) is 8.15. The molecule has 1 heterocycles. The van der Waals surface area contributed by atoms with Crippen LogP contribution in [-0.4, -0.2) is 11.8 Å². The van der Waals surface area contributed by atoms with Gasteiger partial charge in [0.15, 0.2) is 0 Å². The van der Waals surface area contributed by atoms with E-state index < -0.39 is 0 Å². The van der Waals surface area contributed by atoms with Crippen LogP contribution in [0, 0.1) is 29.1 Å². The van der Waals surface area contributed by atoms with Crippen molar-refractivity contribution < 1.29 is 9.59 Å². The fraction of sp³-hybridized carbons (Fsp3) is 0.304. The highest BCUT2D eigenvalue weighted by Gasteiger charge is 2.73. The molecule has 2 saturated carbocycles. The van der Waals surface area contributed by atoms with Gasteiger partial charge in [-0.05, 0) is 53.4 Å². The Morgan fingerprint density at radius 2 is 1.27 bits per heavy atom. The Labute approximate surface area is 152 Å². The maximum Gasteiger partial charge on any atom is 0.238 e. The van der Waals surface area contributed by atoms with Crippen molar-refractivity contribution in [2.75, 3.05) is 4.90 Å². The molecule has 1 aliphatic heterocycles. The van der Waals surface area contributed by atoms with Crippen molar-refractivity contribution in [2.45, 2.75) is 12.8 Å². The number of amides is 2. The van der Waals surface area contributed by atoms with Gasteiger partial charge in [0.25, 0.3) is 0 Å². The largest absolute Gasteiger partial charge is 0.274 e. The number of benzene rings is 2. The minimum Gasteiger partial charge on any atom is -0.274 e. The summed E-state index contributed by atoms with van der Waals surface area (Å²) in [5.74, 6) is 0.318. The number of carbonyl (C=O) groups excluding carboxylic acids is 2. The first-order chi connectivity index (χ1) is 12.7. The molecule has 0 N–H and O–H groups in total. The number of hydrogen-bond donors (Lipinski definition) is 0. The third kappa shape index (κ3) is 1.64. The number of imide groups is 1. The molecule has 128 valence electrons. The van der Waals surface area contributed by atoms with Gasteiger partial charge in [-0.3, -0.25) is 14.5 Å². The second kappa shape index (κ2) is 4.73. The normalized spacial score (nSPS) is 32.5. The molecule has 2 amide bonds. The molecule has 0 aromatic heterocycles. The summed E-state index contributed by atoms with van der Waals surface area (Å²) in [5, 5.41) is 0. The minimum atomic E-state index is -0.131. The monoisotopic (exact) mass is 341 g/mol. The fourth-order valence-electron chi connectivity index (χ4n) is 5.77. The molecule has 1 saturated heterocycles. The predicted molar refractivity (Wildman–Crippen MR) is 99.1 cm³/mol. The Hall–Kier alpha value is -2.68. The van der Waals surface area contributed by atoms with E-state index in [1.165, 1.54) is 17.7 Å². The summed E-state index contributed by atoms with van der Waals surface area (Å²) in [4.78, 5) is 27.7. The van der Waals surface area contributed by atoms with Crippen molar-refractivity contribution in [1.29, 1.82) is 0 Å². The van der Waals surface area contributed by atoms with Gasteiger partial charge < -0.3 is 0 Å². The molecule has 3 fully saturated rings. The molecule has 6 rings (SSSR count). The van der Waals surface area contributed by atoms with Crippen LogP contribution < -0.4 is 4.90 Å². The lowest BCUT2D eigenvalue weighted by molar-refractivity contribution is -0.123. The molecule has 0 unspecified atom stereocenters. The van der Waals surface area contributed by atoms with Crippen molar-refractivity contribution in [3.63, 3.8) is 0 Å². The molecule has 26 heavy (non-hydrogen) atoms. The molecule has 1 spiro atoms. The third-order valence-corrected chi connectivity index (χ3v) is 7.09. The van der Waals surface area contributed by atoms with E-state index in [4.69, 9.17) is 0 Å². The zero-order valence-electron chi connectivity index (χ0n) is 14.3. The van der Waals surface area contributed by atoms with Gasteiger partial charge in [-0.15, -0.1) is 0 Å². The number of fused-ring (bicyclic) bond motifs is 3. The maximum atomic E-state index is 13.1. The minimum absolute atomic E-state index is 0.00980. The van der Waals surface area contributed by atoms with Gasteiger partial charge in [-0.2, -0.15) is 0 Å². The molecular weight excluding hydrogens is 322 g/mol. The number of allylic oxidation sites excluding steroid dienone is 2. The van der Waals surface area contributed by atoms with Gasteiger partial charge in [0, 0.05) is 0 Å². The highest BCUT2D eigenvalue weighted by molar-refractivity contribution is 6.23. The zero-order valence-corrected chi connectivity index (χ0v) is 14.3. The Kier molecular flexibility index (Phi) is 2.63. The van der Waals surface area contributed by atoms with E-state index in [0.29, 0.717) is 5.69 Å². The summed E-state index contributed by atoms with van der Waals surface area (Å²) < 4.78 is 0. The van der Waals surface area contributed by atoms with Gasteiger partial charge in [0.2, 0.25) is 11.8 Å². The molecule has 4 atom stereocenters. The second-order valence-corrected chi connectivity index (χ2v) is 8.15. The topological polar surface area (TPSA) is 37.4 Å². The molecule has 3 heteroatoms. The van der Waals surface area contributed by atoms with Crippen LogP contribution in [0.5, 0.6) is 0 Å². The zero-order chi connectivity index (χ0) is 17.5. The average molecular weight is 341 g/mol. The van der Waals surface area contributed by atoms with Crippen LogP contribution in [-0.2, 0) is 9.59 Å². The summed E-state index contributed by atoms with van der Waals surface area (Å²) >= 11 is 0. The van der Waals surface area contributed by atoms with Gasteiger partial charge >= 0.3 is 0 Å². The van der Waals surface area contributed by atoms with E-state index in [9.17, 15) is 9.59 Å². The summed E-state index contributed by atoms with van der Waals surface area (Å²) in [6.45, 7) is 0. The first-order valence-electron chi connectivity index (χ1n) is 9.42. The van der Waals surface area contributed by atoms with E-state index in [-0.39, 0.29) is 40.9 Å². The average Bonchev–Trinajstić information content (AvgIpc) is 3.27.